The van der Waals surface area contributed by atoms with Gasteiger partial charge in [-0.05, 0) is 25.5 Å². The van der Waals surface area contributed by atoms with Crippen molar-refractivity contribution in [1.29, 1.82) is 0 Å². The van der Waals surface area contributed by atoms with Crippen LogP contribution < -0.4 is 10.9 Å². The van der Waals surface area contributed by atoms with Gasteiger partial charge in [-0.3, -0.25) is 19.0 Å². The van der Waals surface area contributed by atoms with Crippen molar-refractivity contribution in [1.82, 2.24) is 14.9 Å². The number of carbonyl (C=O) groups excluding carboxylic acids is 2. The maximum absolute atomic E-state index is 12.3. The van der Waals surface area contributed by atoms with Crippen LogP contribution in [-0.2, 0) is 20.9 Å². The first-order valence-corrected chi connectivity index (χ1v) is 7.44. The fourth-order valence-electron chi connectivity index (χ4n) is 2.04. The lowest BCUT2D eigenvalue weighted by Crippen LogP contribution is -2.37. The van der Waals surface area contributed by atoms with Crippen LogP contribution in [0, 0.1) is 0 Å². The molecule has 1 aromatic carbocycles. The molecule has 0 aliphatic heterocycles. The lowest BCUT2D eigenvalue weighted by Gasteiger charge is -2.13. The summed E-state index contributed by atoms with van der Waals surface area (Å²) in [7, 11) is 0. The molecule has 2 aromatic rings. The topological polar surface area (TPSA) is 90.3 Å². The molecule has 0 unspecified atom stereocenters. The first-order chi connectivity index (χ1) is 11.0. The van der Waals surface area contributed by atoms with E-state index in [1.54, 1.807) is 24.3 Å². The third kappa shape index (κ3) is 4.15. The van der Waals surface area contributed by atoms with Crippen LogP contribution in [0.4, 0.5) is 0 Å². The Morgan fingerprint density at radius 3 is 2.83 bits per heavy atom. The van der Waals surface area contributed by atoms with Gasteiger partial charge in [0.05, 0.1) is 17.2 Å². The van der Waals surface area contributed by atoms with Crippen molar-refractivity contribution in [2.45, 2.75) is 32.9 Å². The predicted molar refractivity (Wildman–Crippen MR) is 84.9 cm³/mol. The highest BCUT2D eigenvalue weighted by Gasteiger charge is 2.18. The predicted octanol–water partition coefficient (Wildman–Crippen LogP) is 0.854. The molecule has 0 spiro atoms. The summed E-state index contributed by atoms with van der Waals surface area (Å²) in [6.45, 7) is 3.65. The first kappa shape index (κ1) is 16.7. The Kier molecular flexibility index (Phi) is 5.46. The first-order valence-electron chi connectivity index (χ1n) is 7.44. The summed E-state index contributed by atoms with van der Waals surface area (Å²) in [5.41, 5.74) is 0.241. The SMILES string of the molecule is CCCNC(=O)[C@@H](C)OC(=O)Cn1cnc2ccccc2c1=O. The number of carbonyl (C=O) groups is 2. The highest BCUT2D eigenvalue weighted by molar-refractivity contribution is 5.83. The van der Waals surface area contributed by atoms with E-state index in [1.807, 2.05) is 6.92 Å². The van der Waals surface area contributed by atoms with Gasteiger partial charge in [0.25, 0.3) is 11.5 Å². The second kappa shape index (κ2) is 7.53. The highest BCUT2D eigenvalue weighted by Crippen LogP contribution is 2.04. The van der Waals surface area contributed by atoms with E-state index in [0.29, 0.717) is 17.4 Å². The summed E-state index contributed by atoms with van der Waals surface area (Å²) < 4.78 is 6.21. The molecule has 7 heteroatoms. The Hall–Kier alpha value is -2.70. The Morgan fingerprint density at radius 1 is 1.35 bits per heavy atom. The van der Waals surface area contributed by atoms with Crippen LogP contribution in [0.2, 0.25) is 0 Å². The number of hydrogen-bond donors (Lipinski definition) is 1. The van der Waals surface area contributed by atoms with E-state index in [4.69, 9.17) is 4.74 Å². The summed E-state index contributed by atoms with van der Waals surface area (Å²) in [4.78, 5) is 39.9. The lowest BCUT2D eigenvalue weighted by atomic mass is 10.2. The zero-order valence-electron chi connectivity index (χ0n) is 13.1. The number of benzene rings is 1. The van der Waals surface area contributed by atoms with Gasteiger partial charge in [0, 0.05) is 6.54 Å². The van der Waals surface area contributed by atoms with Gasteiger partial charge in [-0.2, -0.15) is 0 Å². The van der Waals surface area contributed by atoms with E-state index in [1.165, 1.54) is 17.8 Å². The number of amides is 1. The highest BCUT2D eigenvalue weighted by atomic mass is 16.5. The number of fused-ring (bicyclic) bond motifs is 1. The van der Waals surface area contributed by atoms with E-state index in [2.05, 4.69) is 10.3 Å². The van der Waals surface area contributed by atoms with E-state index in [0.717, 1.165) is 6.42 Å². The average Bonchev–Trinajstić information content (AvgIpc) is 2.55. The molecule has 122 valence electrons. The molecule has 2 rings (SSSR count). The summed E-state index contributed by atoms with van der Waals surface area (Å²) in [5, 5.41) is 3.07. The number of ether oxygens (including phenoxy) is 1. The van der Waals surface area contributed by atoms with Crippen LogP contribution in [0.5, 0.6) is 0 Å². The number of aromatic nitrogens is 2. The van der Waals surface area contributed by atoms with Crippen LogP contribution in [-0.4, -0.2) is 34.1 Å². The molecule has 1 aromatic heterocycles. The quantitative estimate of drug-likeness (QED) is 0.798. The smallest absolute Gasteiger partial charge is 0.326 e. The summed E-state index contributed by atoms with van der Waals surface area (Å²) >= 11 is 0. The van der Waals surface area contributed by atoms with Gasteiger partial charge < -0.3 is 10.1 Å². The maximum Gasteiger partial charge on any atom is 0.326 e. The molecule has 1 heterocycles. The third-order valence-electron chi connectivity index (χ3n) is 3.26. The van der Waals surface area contributed by atoms with Crippen LogP contribution in [0.15, 0.2) is 35.4 Å². The normalized spacial score (nSPS) is 11.9. The van der Waals surface area contributed by atoms with Crippen molar-refractivity contribution in [2.24, 2.45) is 0 Å². The third-order valence-corrected chi connectivity index (χ3v) is 3.26. The zero-order chi connectivity index (χ0) is 16.8. The van der Waals surface area contributed by atoms with Gasteiger partial charge in [0.1, 0.15) is 6.54 Å². The molecular formula is C16H19N3O4. The molecule has 23 heavy (non-hydrogen) atoms. The molecule has 1 amide bonds. The van der Waals surface area contributed by atoms with E-state index >= 15 is 0 Å². The van der Waals surface area contributed by atoms with Crippen molar-refractivity contribution in [3.8, 4) is 0 Å². The van der Waals surface area contributed by atoms with Gasteiger partial charge in [0.2, 0.25) is 0 Å². The van der Waals surface area contributed by atoms with Gasteiger partial charge >= 0.3 is 5.97 Å². The average molecular weight is 317 g/mol. The minimum Gasteiger partial charge on any atom is -0.451 e. The number of rotatable bonds is 6. The molecule has 0 saturated carbocycles. The Bertz CT molecular complexity index is 769. The van der Waals surface area contributed by atoms with Crippen LogP contribution in [0.25, 0.3) is 10.9 Å². The Morgan fingerprint density at radius 2 is 2.09 bits per heavy atom. The molecule has 7 nitrogen and oxygen atoms in total. The minimum atomic E-state index is -0.904. The molecule has 0 aliphatic rings. The number of nitrogens with one attached hydrogen (secondary N) is 1. The second-order valence-electron chi connectivity index (χ2n) is 5.12. The standard InChI is InChI=1S/C16H19N3O4/c1-3-8-17-15(21)11(2)23-14(20)9-19-10-18-13-7-5-4-6-12(13)16(19)22/h4-7,10-11H,3,8-9H2,1-2H3,(H,17,21)/t11-/m1/s1. The molecule has 1 N–H and O–H groups in total. The van der Waals surface area contributed by atoms with Crippen molar-refractivity contribution < 1.29 is 14.3 Å². The lowest BCUT2D eigenvalue weighted by molar-refractivity contribution is -0.155. The molecule has 0 aliphatic carbocycles. The summed E-state index contributed by atoms with van der Waals surface area (Å²) in [6, 6.07) is 6.88. The number of para-hydroxylation sites is 1. The molecular weight excluding hydrogens is 298 g/mol. The van der Waals surface area contributed by atoms with Gasteiger partial charge in [-0.15, -0.1) is 0 Å². The van der Waals surface area contributed by atoms with Crippen LogP contribution in [0.3, 0.4) is 0 Å². The number of nitrogens with zero attached hydrogens (tertiary/aromatic N) is 2. The fourth-order valence-corrected chi connectivity index (χ4v) is 2.04. The monoisotopic (exact) mass is 317 g/mol. The van der Waals surface area contributed by atoms with E-state index in [9.17, 15) is 14.4 Å². The summed E-state index contributed by atoms with van der Waals surface area (Å²) in [5.74, 6) is -1.02. The minimum absolute atomic E-state index is 0.290. The number of esters is 1. The Labute approximate surface area is 133 Å². The van der Waals surface area contributed by atoms with Gasteiger partial charge in [-0.25, -0.2) is 4.98 Å². The van der Waals surface area contributed by atoms with Crippen LogP contribution >= 0.6 is 0 Å². The van der Waals surface area contributed by atoms with Crippen molar-refractivity contribution in [2.75, 3.05) is 6.54 Å². The van der Waals surface area contributed by atoms with Crippen molar-refractivity contribution in [3.05, 3.63) is 40.9 Å². The number of hydrogen-bond acceptors (Lipinski definition) is 5. The van der Waals surface area contributed by atoms with Crippen LogP contribution in [0.1, 0.15) is 20.3 Å². The van der Waals surface area contributed by atoms with Gasteiger partial charge in [0.15, 0.2) is 6.10 Å². The molecule has 1 atom stereocenters. The largest absolute Gasteiger partial charge is 0.451 e. The summed E-state index contributed by atoms with van der Waals surface area (Å²) in [6.07, 6.45) is 1.19. The second-order valence-corrected chi connectivity index (χ2v) is 5.12. The van der Waals surface area contributed by atoms with E-state index in [-0.39, 0.29) is 18.0 Å². The van der Waals surface area contributed by atoms with Gasteiger partial charge in [-0.1, -0.05) is 19.1 Å². The molecule has 0 fully saturated rings. The molecule has 0 bridgehead atoms. The van der Waals surface area contributed by atoms with Crippen molar-refractivity contribution >= 4 is 22.8 Å². The molecule has 0 saturated heterocycles. The maximum atomic E-state index is 12.3. The Balaban J connectivity index is 2.04. The molecule has 0 radical (unpaired) electrons. The van der Waals surface area contributed by atoms with E-state index < -0.39 is 12.1 Å². The fraction of sp³-hybridized carbons (Fsp3) is 0.375. The zero-order valence-corrected chi connectivity index (χ0v) is 13.1. The van der Waals surface area contributed by atoms with Crippen molar-refractivity contribution in [3.63, 3.8) is 0 Å².